The molecule has 1 saturated heterocycles. The van der Waals surface area contributed by atoms with Gasteiger partial charge in [0.25, 0.3) is 0 Å². The maximum Gasteiger partial charge on any atom is 0.433 e. The Labute approximate surface area is 175 Å². The molecule has 1 aliphatic heterocycles. The second-order valence-corrected chi connectivity index (χ2v) is 8.60. The van der Waals surface area contributed by atoms with Gasteiger partial charge >= 0.3 is 6.18 Å². The van der Waals surface area contributed by atoms with E-state index in [1.165, 1.54) is 18.9 Å². The second kappa shape index (κ2) is 8.63. The van der Waals surface area contributed by atoms with Crippen LogP contribution >= 0.6 is 0 Å². The lowest BCUT2D eigenvalue weighted by atomic mass is 9.68. The molecule has 1 aliphatic carbocycles. The van der Waals surface area contributed by atoms with Gasteiger partial charge in [-0.1, -0.05) is 25.0 Å². The molecule has 0 aromatic carbocycles. The number of halogens is 3. The number of nitrogens with one attached hydrogen (secondary N) is 1. The fourth-order valence-corrected chi connectivity index (χ4v) is 5.08. The smallest absolute Gasteiger partial charge is 0.375 e. The quantitative estimate of drug-likeness (QED) is 0.667. The van der Waals surface area contributed by atoms with Crippen molar-refractivity contribution in [3.63, 3.8) is 0 Å². The van der Waals surface area contributed by atoms with Gasteiger partial charge in [0.2, 0.25) is 0 Å². The lowest BCUT2D eigenvalue weighted by Gasteiger charge is -2.46. The highest BCUT2D eigenvalue weighted by atomic mass is 19.4. The van der Waals surface area contributed by atoms with Crippen LogP contribution in [-0.4, -0.2) is 28.7 Å². The van der Waals surface area contributed by atoms with Crippen molar-refractivity contribution in [2.75, 3.05) is 13.2 Å². The second-order valence-electron chi connectivity index (χ2n) is 8.60. The van der Waals surface area contributed by atoms with Crippen LogP contribution in [0.3, 0.4) is 0 Å². The van der Waals surface area contributed by atoms with E-state index < -0.39 is 11.9 Å². The molecule has 1 spiro atoms. The molecule has 2 aromatic rings. The summed E-state index contributed by atoms with van der Waals surface area (Å²) in [5.41, 5.74) is 0.532. The lowest BCUT2D eigenvalue weighted by Crippen LogP contribution is -2.47. The Kier molecular flexibility index (Phi) is 6.11. The van der Waals surface area contributed by atoms with E-state index in [4.69, 9.17) is 4.74 Å². The maximum atomic E-state index is 12.9. The normalized spacial score (nSPS) is 23.7. The summed E-state index contributed by atoms with van der Waals surface area (Å²) in [5, 5.41) is 3.30. The standard InChI is InChI=1S/C23H28F3N3O/c24-23(25,26)20-8-5-6-18(29-20)16-27-14-11-21(19-7-1-4-13-28-19)12-15-30-22(17-21)9-2-3-10-22/h1,4-8,13,27H,2-3,9-12,14-17H2/t21-/m0/s1. The topological polar surface area (TPSA) is 47.0 Å². The van der Waals surface area contributed by atoms with E-state index >= 15 is 0 Å². The average molecular weight is 419 g/mol. The van der Waals surface area contributed by atoms with E-state index in [9.17, 15) is 13.2 Å². The molecule has 1 saturated carbocycles. The minimum Gasteiger partial charge on any atom is -0.375 e. The SMILES string of the molecule is FC(F)(F)c1cccc(CNCC[C@]2(c3ccccn3)CCOC3(CCCC3)C2)n1. The van der Waals surface area contributed by atoms with E-state index in [-0.39, 0.29) is 11.0 Å². The van der Waals surface area contributed by atoms with Gasteiger partial charge in [0.15, 0.2) is 0 Å². The molecule has 2 aliphatic rings. The Hall–Kier alpha value is -1.99. The molecule has 4 nitrogen and oxygen atoms in total. The summed E-state index contributed by atoms with van der Waals surface area (Å²) < 4.78 is 44.9. The van der Waals surface area contributed by atoms with Crippen molar-refractivity contribution in [1.82, 2.24) is 15.3 Å². The monoisotopic (exact) mass is 419 g/mol. The number of alkyl halides is 3. The minimum atomic E-state index is -4.42. The van der Waals surface area contributed by atoms with Gasteiger partial charge in [0, 0.05) is 30.5 Å². The first-order valence-electron chi connectivity index (χ1n) is 10.7. The fraction of sp³-hybridized carbons (Fsp3) is 0.565. The molecule has 30 heavy (non-hydrogen) atoms. The highest BCUT2D eigenvalue weighted by Crippen LogP contribution is 2.49. The molecule has 1 N–H and O–H groups in total. The lowest BCUT2D eigenvalue weighted by molar-refractivity contribution is -0.141. The Bertz CT molecular complexity index is 837. The fourth-order valence-electron chi connectivity index (χ4n) is 5.08. The van der Waals surface area contributed by atoms with Crippen molar-refractivity contribution in [1.29, 1.82) is 0 Å². The van der Waals surface area contributed by atoms with E-state index in [1.54, 1.807) is 6.07 Å². The highest BCUT2D eigenvalue weighted by molar-refractivity contribution is 5.21. The van der Waals surface area contributed by atoms with E-state index in [0.717, 1.165) is 50.5 Å². The molecular formula is C23H28F3N3O. The number of hydrogen-bond donors (Lipinski definition) is 1. The predicted molar refractivity (Wildman–Crippen MR) is 108 cm³/mol. The average Bonchev–Trinajstić information content (AvgIpc) is 3.19. The van der Waals surface area contributed by atoms with E-state index in [1.807, 2.05) is 18.3 Å². The third-order valence-electron chi connectivity index (χ3n) is 6.56. The van der Waals surface area contributed by atoms with E-state index in [0.29, 0.717) is 18.8 Å². The van der Waals surface area contributed by atoms with Crippen molar-refractivity contribution in [3.8, 4) is 0 Å². The molecule has 1 atom stereocenters. The summed E-state index contributed by atoms with van der Waals surface area (Å²) in [6.07, 6.45) is 4.77. The number of aromatic nitrogens is 2. The molecule has 0 unspecified atom stereocenters. The number of hydrogen-bond acceptors (Lipinski definition) is 4. The van der Waals surface area contributed by atoms with Crippen LogP contribution < -0.4 is 5.32 Å². The van der Waals surface area contributed by atoms with Crippen LogP contribution in [0.25, 0.3) is 0 Å². The number of nitrogens with zero attached hydrogens (tertiary/aromatic N) is 2. The summed E-state index contributed by atoms with van der Waals surface area (Å²) in [4.78, 5) is 8.43. The summed E-state index contributed by atoms with van der Waals surface area (Å²) in [6.45, 7) is 1.72. The molecule has 4 rings (SSSR count). The van der Waals surface area contributed by atoms with Crippen LogP contribution in [0.2, 0.25) is 0 Å². The minimum absolute atomic E-state index is 0.0433. The maximum absolute atomic E-state index is 12.9. The van der Waals surface area contributed by atoms with E-state index in [2.05, 4.69) is 21.4 Å². The zero-order valence-corrected chi connectivity index (χ0v) is 17.0. The molecule has 0 radical (unpaired) electrons. The van der Waals surface area contributed by atoms with Gasteiger partial charge in [-0.2, -0.15) is 13.2 Å². The predicted octanol–water partition coefficient (Wildman–Crippen LogP) is 5.04. The number of ether oxygens (including phenoxy) is 1. The highest BCUT2D eigenvalue weighted by Gasteiger charge is 2.48. The Morgan fingerprint density at radius 1 is 1.03 bits per heavy atom. The zero-order chi connectivity index (χ0) is 21.1. The summed E-state index contributed by atoms with van der Waals surface area (Å²) in [6, 6.07) is 10.1. The van der Waals surface area contributed by atoms with Crippen molar-refractivity contribution in [3.05, 3.63) is 59.7 Å². The molecular weight excluding hydrogens is 391 g/mol. The van der Waals surface area contributed by atoms with Crippen molar-refractivity contribution in [2.45, 2.75) is 68.7 Å². The van der Waals surface area contributed by atoms with Crippen LogP contribution in [0, 0.1) is 0 Å². The van der Waals surface area contributed by atoms with Crippen LogP contribution in [0.5, 0.6) is 0 Å². The van der Waals surface area contributed by atoms with Gasteiger partial charge < -0.3 is 10.1 Å². The largest absolute Gasteiger partial charge is 0.433 e. The summed E-state index contributed by atoms with van der Waals surface area (Å²) in [7, 11) is 0. The first kappa shape index (κ1) is 21.2. The number of rotatable bonds is 6. The van der Waals surface area contributed by atoms with Gasteiger partial charge in [-0.25, -0.2) is 4.98 Å². The summed E-state index contributed by atoms with van der Waals surface area (Å²) in [5.74, 6) is 0. The Balaban J connectivity index is 1.43. The molecule has 162 valence electrons. The van der Waals surface area contributed by atoms with Gasteiger partial charge in [0.1, 0.15) is 5.69 Å². The molecule has 7 heteroatoms. The van der Waals surface area contributed by atoms with Crippen LogP contribution in [0.1, 0.15) is 62.0 Å². The van der Waals surface area contributed by atoms with Crippen molar-refractivity contribution >= 4 is 0 Å². The number of pyridine rings is 2. The Morgan fingerprint density at radius 2 is 1.87 bits per heavy atom. The van der Waals surface area contributed by atoms with Gasteiger partial charge in [-0.05, 0) is 62.9 Å². The first-order chi connectivity index (χ1) is 14.4. The molecule has 0 bridgehead atoms. The zero-order valence-electron chi connectivity index (χ0n) is 17.0. The van der Waals surface area contributed by atoms with Crippen molar-refractivity contribution in [2.24, 2.45) is 0 Å². The molecule has 2 fully saturated rings. The van der Waals surface area contributed by atoms with Crippen molar-refractivity contribution < 1.29 is 17.9 Å². The van der Waals surface area contributed by atoms with Gasteiger partial charge in [-0.15, -0.1) is 0 Å². The summed E-state index contributed by atoms with van der Waals surface area (Å²) >= 11 is 0. The van der Waals surface area contributed by atoms with Crippen LogP contribution in [0.4, 0.5) is 13.2 Å². The third kappa shape index (κ3) is 4.67. The molecule has 2 aromatic heterocycles. The molecule has 3 heterocycles. The van der Waals surface area contributed by atoms with Crippen LogP contribution in [0.15, 0.2) is 42.6 Å². The van der Waals surface area contributed by atoms with Gasteiger partial charge in [-0.3, -0.25) is 4.98 Å². The van der Waals surface area contributed by atoms with Gasteiger partial charge in [0.05, 0.1) is 11.3 Å². The van der Waals surface area contributed by atoms with Crippen LogP contribution in [-0.2, 0) is 22.9 Å². The Morgan fingerprint density at radius 3 is 2.60 bits per heavy atom. The molecule has 0 amide bonds. The third-order valence-corrected chi connectivity index (χ3v) is 6.56. The first-order valence-corrected chi connectivity index (χ1v) is 10.7.